The van der Waals surface area contributed by atoms with E-state index in [4.69, 9.17) is 0 Å². The number of piperidine rings is 1. The lowest BCUT2D eigenvalue weighted by Gasteiger charge is -2.34. The minimum Gasteiger partial charge on any atom is -0.335 e. The largest absolute Gasteiger partial charge is 0.335 e. The van der Waals surface area contributed by atoms with Gasteiger partial charge in [0.2, 0.25) is 0 Å². The lowest BCUT2D eigenvalue weighted by atomic mass is 10.0. The summed E-state index contributed by atoms with van der Waals surface area (Å²) < 4.78 is 0. The molecular weight excluding hydrogens is 312 g/mol. The molecule has 3 rings (SSSR count). The molecule has 1 aliphatic heterocycles. The fraction of sp³-hybridized carbons (Fsp3) is 0.600. The number of nitrogens with zero attached hydrogens (tertiary/aromatic N) is 2. The Balaban J connectivity index is 1.81. The van der Waals surface area contributed by atoms with Crippen LogP contribution in [-0.4, -0.2) is 31.2 Å². The quantitative estimate of drug-likeness (QED) is 0.827. The van der Waals surface area contributed by atoms with Crippen molar-refractivity contribution in [3.63, 3.8) is 0 Å². The van der Waals surface area contributed by atoms with Crippen molar-refractivity contribution in [3.05, 3.63) is 29.8 Å². The van der Waals surface area contributed by atoms with E-state index in [0.29, 0.717) is 5.56 Å². The summed E-state index contributed by atoms with van der Waals surface area (Å²) >= 11 is 0. The monoisotopic (exact) mass is 340 g/mol. The van der Waals surface area contributed by atoms with E-state index in [1.54, 1.807) is 6.07 Å². The van der Waals surface area contributed by atoms with E-state index >= 15 is 0 Å². The second kappa shape index (κ2) is 8.87. The van der Waals surface area contributed by atoms with Crippen molar-refractivity contribution < 1.29 is 4.79 Å². The smallest absolute Gasteiger partial charge is 0.322 e. The number of benzene rings is 1. The highest BCUT2D eigenvalue weighted by molar-refractivity contribution is 5.93. The molecule has 1 aliphatic carbocycles. The molecule has 0 unspecified atom stereocenters. The highest BCUT2D eigenvalue weighted by Crippen LogP contribution is 2.27. The molecule has 1 heterocycles. The number of urea groups is 1. The van der Waals surface area contributed by atoms with Crippen LogP contribution in [0.15, 0.2) is 24.3 Å². The Kier molecular flexibility index (Phi) is 6.30. The molecule has 2 fully saturated rings. The summed E-state index contributed by atoms with van der Waals surface area (Å²) in [5, 5.41) is 15.8. The number of carbonyl (C=O) groups excluding carboxylic acids is 1. The van der Waals surface area contributed by atoms with Gasteiger partial charge >= 0.3 is 6.03 Å². The predicted octanol–water partition coefficient (Wildman–Crippen LogP) is 3.55. The zero-order valence-corrected chi connectivity index (χ0v) is 14.8. The van der Waals surface area contributed by atoms with Crippen LogP contribution in [-0.2, 0) is 0 Å². The molecule has 1 saturated carbocycles. The lowest BCUT2D eigenvalue weighted by molar-refractivity contribution is 0.236. The van der Waals surface area contributed by atoms with E-state index in [1.165, 1.54) is 25.7 Å². The Morgan fingerprint density at radius 1 is 1.12 bits per heavy atom. The van der Waals surface area contributed by atoms with Crippen LogP contribution in [0.1, 0.15) is 56.9 Å². The van der Waals surface area contributed by atoms with E-state index in [1.807, 2.05) is 23.1 Å². The van der Waals surface area contributed by atoms with Gasteiger partial charge in [-0.15, -0.1) is 0 Å². The van der Waals surface area contributed by atoms with Gasteiger partial charge in [0.15, 0.2) is 0 Å². The first kappa shape index (κ1) is 17.8. The van der Waals surface area contributed by atoms with E-state index in [2.05, 4.69) is 16.7 Å². The molecule has 1 aromatic rings. The van der Waals surface area contributed by atoms with Gasteiger partial charge < -0.3 is 10.6 Å². The molecule has 0 radical (unpaired) electrons. The van der Waals surface area contributed by atoms with Crippen molar-refractivity contribution in [2.24, 2.45) is 0 Å². The van der Waals surface area contributed by atoms with Crippen LogP contribution in [0.25, 0.3) is 0 Å². The molecule has 134 valence electrons. The Hall–Kier alpha value is -2.06. The zero-order chi connectivity index (χ0) is 17.5. The number of anilines is 1. The molecule has 5 heteroatoms. The second-order valence-electron chi connectivity index (χ2n) is 7.15. The van der Waals surface area contributed by atoms with E-state index < -0.39 is 0 Å². The second-order valence-corrected chi connectivity index (χ2v) is 7.15. The van der Waals surface area contributed by atoms with Crippen molar-refractivity contribution in [2.75, 3.05) is 18.0 Å². The van der Waals surface area contributed by atoms with Gasteiger partial charge in [0.05, 0.1) is 11.6 Å². The topological polar surface area (TPSA) is 68.2 Å². The molecule has 0 bridgehead atoms. The summed E-state index contributed by atoms with van der Waals surface area (Å²) in [6.45, 7) is 1.91. The summed E-state index contributed by atoms with van der Waals surface area (Å²) in [4.78, 5) is 15.1. The van der Waals surface area contributed by atoms with Crippen LogP contribution in [0.3, 0.4) is 0 Å². The minimum atomic E-state index is -0.00566. The van der Waals surface area contributed by atoms with Gasteiger partial charge in [-0.3, -0.25) is 4.90 Å². The Morgan fingerprint density at radius 3 is 2.52 bits per heavy atom. The molecule has 25 heavy (non-hydrogen) atoms. The predicted molar refractivity (Wildman–Crippen MR) is 99.5 cm³/mol. The van der Waals surface area contributed by atoms with Crippen LogP contribution in [0.2, 0.25) is 0 Å². The van der Waals surface area contributed by atoms with Gasteiger partial charge in [0.25, 0.3) is 0 Å². The SMILES string of the molecule is N#Cc1cccc(N(C(=O)NC2CCNCC2)C2CCCCCC2)c1. The van der Waals surface area contributed by atoms with Crippen LogP contribution >= 0.6 is 0 Å². The highest BCUT2D eigenvalue weighted by Gasteiger charge is 2.28. The first-order valence-electron chi connectivity index (χ1n) is 9.58. The van der Waals surface area contributed by atoms with Gasteiger partial charge in [-0.05, 0) is 57.0 Å². The number of hydrogen-bond acceptors (Lipinski definition) is 3. The highest BCUT2D eigenvalue weighted by atomic mass is 16.2. The van der Waals surface area contributed by atoms with Crippen LogP contribution in [0.4, 0.5) is 10.5 Å². The normalized spacial score (nSPS) is 19.6. The van der Waals surface area contributed by atoms with Gasteiger partial charge in [0.1, 0.15) is 0 Å². The number of carbonyl (C=O) groups is 1. The van der Waals surface area contributed by atoms with E-state index in [9.17, 15) is 10.1 Å². The maximum absolute atomic E-state index is 13.1. The average Bonchev–Trinajstić information content (AvgIpc) is 2.92. The molecule has 1 aromatic carbocycles. The van der Waals surface area contributed by atoms with Crippen molar-refractivity contribution >= 4 is 11.7 Å². The first-order valence-corrected chi connectivity index (χ1v) is 9.58. The number of nitrogens with one attached hydrogen (secondary N) is 2. The van der Waals surface area contributed by atoms with E-state index in [0.717, 1.165) is 44.5 Å². The molecule has 5 nitrogen and oxygen atoms in total. The van der Waals surface area contributed by atoms with Gasteiger partial charge in [0, 0.05) is 17.8 Å². The van der Waals surface area contributed by atoms with Crippen LogP contribution < -0.4 is 15.5 Å². The Labute approximate surface area is 150 Å². The number of hydrogen-bond donors (Lipinski definition) is 2. The average molecular weight is 340 g/mol. The van der Waals surface area contributed by atoms with Gasteiger partial charge in [-0.25, -0.2) is 4.79 Å². The van der Waals surface area contributed by atoms with Gasteiger partial charge in [-0.1, -0.05) is 31.7 Å². The summed E-state index contributed by atoms with van der Waals surface area (Å²) in [6, 6.07) is 10.1. The van der Waals surface area contributed by atoms with Crippen molar-refractivity contribution in [1.82, 2.24) is 10.6 Å². The zero-order valence-electron chi connectivity index (χ0n) is 14.8. The van der Waals surface area contributed by atoms with Crippen molar-refractivity contribution in [3.8, 4) is 6.07 Å². The molecular formula is C20H28N4O. The first-order chi connectivity index (χ1) is 12.3. The maximum Gasteiger partial charge on any atom is 0.322 e. The van der Waals surface area contributed by atoms with Gasteiger partial charge in [-0.2, -0.15) is 5.26 Å². The molecule has 2 aliphatic rings. The molecule has 0 atom stereocenters. The standard InChI is InChI=1S/C20H28N4O/c21-15-16-6-5-9-19(14-16)24(18-7-3-1-2-4-8-18)20(25)23-17-10-12-22-13-11-17/h5-6,9,14,17-18,22H,1-4,7-8,10-13H2,(H,23,25). The number of rotatable bonds is 3. The third-order valence-corrected chi connectivity index (χ3v) is 5.33. The van der Waals surface area contributed by atoms with Crippen molar-refractivity contribution in [1.29, 1.82) is 5.26 Å². The Bertz CT molecular complexity index is 610. The molecule has 2 N–H and O–H groups in total. The third kappa shape index (κ3) is 4.73. The fourth-order valence-electron chi connectivity index (χ4n) is 3.95. The summed E-state index contributed by atoms with van der Waals surface area (Å²) in [7, 11) is 0. The Morgan fingerprint density at radius 2 is 1.84 bits per heavy atom. The summed E-state index contributed by atoms with van der Waals surface area (Å²) in [6.07, 6.45) is 8.86. The van der Waals surface area contributed by atoms with Crippen LogP contribution in [0, 0.1) is 11.3 Å². The lowest BCUT2D eigenvalue weighted by Crippen LogP contribution is -2.51. The summed E-state index contributed by atoms with van der Waals surface area (Å²) in [5.74, 6) is 0. The van der Waals surface area contributed by atoms with Crippen molar-refractivity contribution in [2.45, 2.75) is 63.5 Å². The molecule has 2 amide bonds. The van der Waals surface area contributed by atoms with Crippen LogP contribution in [0.5, 0.6) is 0 Å². The molecule has 1 saturated heterocycles. The fourth-order valence-corrected chi connectivity index (χ4v) is 3.95. The minimum absolute atomic E-state index is 0.00566. The third-order valence-electron chi connectivity index (χ3n) is 5.33. The molecule has 0 spiro atoms. The van der Waals surface area contributed by atoms with E-state index in [-0.39, 0.29) is 18.1 Å². The molecule has 0 aromatic heterocycles. The number of amides is 2. The maximum atomic E-state index is 13.1. The number of nitriles is 1. The summed E-state index contributed by atoms with van der Waals surface area (Å²) in [5.41, 5.74) is 1.45.